The number of aliphatic carboxylic acids is 1. The first-order valence-electron chi connectivity index (χ1n) is 6.39. The summed E-state index contributed by atoms with van der Waals surface area (Å²) in [5.74, 6) is 0.156. The van der Waals surface area contributed by atoms with Crippen molar-refractivity contribution in [2.45, 2.75) is 26.2 Å². The van der Waals surface area contributed by atoms with Crippen LogP contribution in [0.4, 0.5) is 0 Å². The van der Waals surface area contributed by atoms with Gasteiger partial charge in [-0.3, -0.25) is 0 Å². The normalized spacial score (nSPS) is 9.95. The topological polar surface area (TPSA) is 66.8 Å². The van der Waals surface area contributed by atoms with Gasteiger partial charge in [-0.1, -0.05) is 25.8 Å². The third kappa shape index (κ3) is 8.43. The number of alkyl halides is 1. The Morgan fingerprint density at radius 1 is 1.40 bits per heavy atom. The molecule has 0 heterocycles. The Bertz CT molecular complexity index is 426. The van der Waals surface area contributed by atoms with Crippen molar-refractivity contribution in [3.05, 3.63) is 29.8 Å². The van der Waals surface area contributed by atoms with Crippen molar-refractivity contribution >= 4 is 23.6 Å². The van der Waals surface area contributed by atoms with Crippen molar-refractivity contribution in [1.29, 1.82) is 0 Å². The zero-order valence-electron chi connectivity index (χ0n) is 11.8. The summed E-state index contributed by atoms with van der Waals surface area (Å²) in [5.41, 5.74) is 0.655. The number of carboxylic acids is 1. The quantitative estimate of drug-likeness (QED) is 0.475. The van der Waals surface area contributed by atoms with Gasteiger partial charge in [0.2, 0.25) is 0 Å². The molecule has 0 saturated carbocycles. The number of unbranched alkanes of at least 4 members (excludes halogenated alkanes) is 2. The fourth-order valence-corrected chi connectivity index (χ4v) is 1.50. The molecule has 0 aliphatic carbocycles. The molecule has 0 aliphatic rings. The number of methoxy groups -OCH3 is 1. The molecule has 0 aliphatic heterocycles. The van der Waals surface area contributed by atoms with E-state index in [2.05, 4.69) is 6.92 Å². The van der Waals surface area contributed by atoms with Crippen LogP contribution in [0.2, 0.25) is 0 Å². The number of carboxylic acid groups (broad SMARTS) is 1. The van der Waals surface area contributed by atoms with Crippen molar-refractivity contribution in [3.8, 4) is 11.5 Å². The highest BCUT2D eigenvalue weighted by molar-refractivity contribution is 6.17. The number of aromatic hydroxyl groups is 1. The molecule has 20 heavy (non-hydrogen) atoms. The third-order valence-corrected chi connectivity index (χ3v) is 2.63. The SMILES string of the molecule is CCCCCCl.COc1cc(C=CC(=O)O)ccc1O. The standard InChI is InChI=1S/C10H10O4.C5H11Cl/c1-14-9-6-7(2-4-8(9)11)3-5-10(12)13;1-2-3-4-5-6/h2-6,11H,1H3,(H,12,13);2-5H2,1H3. The molecular formula is C15H21ClO4. The largest absolute Gasteiger partial charge is 0.504 e. The van der Waals surface area contributed by atoms with Crippen LogP contribution < -0.4 is 4.74 Å². The summed E-state index contributed by atoms with van der Waals surface area (Å²) >= 11 is 5.38. The van der Waals surface area contributed by atoms with E-state index in [-0.39, 0.29) is 5.75 Å². The van der Waals surface area contributed by atoms with Crippen LogP contribution >= 0.6 is 11.6 Å². The maximum atomic E-state index is 10.2. The predicted octanol–water partition coefficient (Wildman–Crippen LogP) is 3.91. The lowest BCUT2D eigenvalue weighted by Crippen LogP contribution is -1.87. The lowest BCUT2D eigenvalue weighted by molar-refractivity contribution is -0.131. The zero-order valence-corrected chi connectivity index (χ0v) is 12.6. The van der Waals surface area contributed by atoms with Crippen LogP contribution in [0.15, 0.2) is 24.3 Å². The summed E-state index contributed by atoms with van der Waals surface area (Å²) in [5, 5.41) is 17.6. The molecule has 0 spiro atoms. The number of hydrogen-bond acceptors (Lipinski definition) is 3. The molecule has 2 N–H and O–H groups in total. The van der Waals surface area contributed by atoms with E-state index in [1.54, 1.807) is 12.1 Å². The first-order valence-corrected chi connectivity index (χ1v) is 6.92. The van der Waals surface area contributed by atoms with Gasteiger partial charge in [-0.25, -0.2) is 4.79 Å². The van der Waals surface area contributed by atoms with Gasteiger partial charge in [0.15, 0.2) is 11.5 Å². The molecule has 5 heteroatoms. The molecule has 0 saturated heterocycles. The minimum absolute atomic E-state index is 0.0278. The molecule has 0 fully saturated rings. The monoisotopic (exact) mass is 300 g/mol. The van der Waals surface area contributed by atoms with E-state index in [1.807, 2.05) is 0 Å². The van der Waals surface area contributed by atoms with E-state index in [4.69, 9.17) is 21.4 Å². The highest BCUT2D eigenvalue weighted by Crippen LogP contribution is 2.26. The molecule has 112 valence electrons. The average Bonchev–Trinajstić information content (AvgIpc) is 2.44. The minimum atomic E-state index is -1.02. The summed E-state index contributed by atoms with van der Waals surface area (Å²) in [6.07, 6.45) is 6.17. The number of hydrogen-bond donors (Lipinski definition) is 2. The Hall–Kier alpha value is -1.68. The second kappa shape index (κ2) is 11.2. The van der Waals surface area contributed by atoms with Crippen LogP contribution in [-0.4, -0.2) is 29.2 Å². The molecule has 0 unspecified atom stereocenters. The summed E-state index contributed by atoms with van der Waals surface area (Å²) in [6.45, 7) is 2.17. The van der Waals surface area contributed by atoms with Crippen LogP contribution in [0.5, 0.6) is 11.5 Å². The van der Waals surface area contributed by atoms with Gasteiger partial charge in [-0.05, 0) is 30.2 Å². The lowest BCUT2D eigenvalue weighted by atomic mass is 10.2. The maximum Gasteiger partial charge on any atom is 0.328 e. The van der Waals surface area contributed by atoms with Crippen LogP contribution in [0.25, 0.3) is 6.08 Å². The Balaban J connectivity index is 0.000000511. The van der Waals surface area contributed by atoms with Crippen molar-refractivity contribution in [2.75, 3.05) is 13.0 Å². The second-order valence-electron chi connectivity index (χ2n) is 4.00. The van der Waals surface area contributed by atoms with Gasteiger partial charge in [0, 0.05) is 12.0 Å². The van der Waals surface area contributed by atoms with Gasteiger partial charge in [-0.15, -0.1) is 11.6 Å². The van der Waals surface area contributed by atoms with E-state index < -0.39 is 5.97 Å². The van der Waals surface area contributed by atoms with E-state index in [0.717, 1.165) is 12.0 Å². The molecule has 0 atom stereocenters. The molecule has 0 radical (unpaired) electrons. The lowest BCUT2D eigenvalue weighted by Gasteiger charge is -2.03. The smallest absolute Gasteiger partial charge is 0.328 e. The first-order chi connectivity index (χ1) is 9.54. The van der Waals surface area contributed by atoms with Gasteiger partial charge in [-0.2, -0.15) is 0 Å². The Labute approximate surface area is 124 Å². The van der Waals surface area contributed by atoms with Crippen molar-refractivity contribution < 1.29 is 19.7 Å². The maximum absolute atomic E-state index is 10.2. The summed E-state index contributed by atoms with van der Waals surface area (Å²) in [4.78, 5) is 10.2. The van der Waals surface area contributed by atoms with Gasteiger partial charge < -0.3 is 14.9 Å². The molecule has 1 rings (SSSR count). The van der Waals surface area contributed by atoms with E-state index in [1.165, 1.54) is 38.5 Å². The Morgan fingerprint density at radius 3 is 2.55 bits per heavy atom. The van der Waals surface area contributed by atoms with Crippen molar-refractivity contribution in [3.63, 3.8) is 0 Å². The number of phenolic OH excluding ortho intramolecular Hbond substituents is 1. The van der Waals surface area contributed by atoms with E-state index in [0.29, 0.717) is 11.3 Å². The Kier molecular flexibility index (Phi) is 10.2. The highest BCUT2D eigenvalue weighted by atomic mass is 35.5. The van der Waals surface area contributed by atoms with Gasteiger partial charge in [0.05, 0.1) is 7.11 Å². The minimum Gasteiger partial charge on any atom is -0.504 e. The average molecular weight is 301 g/mol. The zero-order chi connectivity index (χ0) is 15.4. The van der Waals surface area contributed by atoms with Gasteiger partial charge in [0.1, 0.15) is 0 Å². The summed E-state index contributed by atoms with van der Waals surface area (Å²) < 4.78 is 4.86. The summed E-state index contributed by atoms with van der Waals surface area (Å²) in [6, 6.07) is 4.59. The van der Waals surface area contributed by atoms with Crippen molar-refractivity contribution in [1.82, 2.24) is 0 Å². The molecule has 1 aromatic carbocycles. The molecule has 0 amide bonds. The van der Waals surface area contributed by atoms with Crippen molar-refractivity contribution in [2.24, 2.45) is 0 Å². The fraction of sp³-hybridized carbons (Fsp3) is 0.400. The molecule has 0 bridgehead atoms. The Morgan fingerprint density at radius 2 is 2.10 bits per heavy atom. The number of ether oxygens (including phenoxy) is 1. The fourth-order valence-electron chi connectivity index (χ4n) is 1.31. The predicted molar refractivity (Wildman–Crippen MR) is 81.6 cm³/mol. The molecule has 4 nitrogen and oxygen atoms in total. The van der Waals surface area contributed by atoms with Crippen LogP contribution in [-0.2, 0) is 4.79 Å². The van der Waals surface area contributed by atoms with E-state index in [9.17, 15) is 9.90 Å². The first kappa shape index (κ1) is 18.3. The summed E-state index contributed by atoms with van der Waals surface area (Å²) in [7, 11) is 1.43. The molecule has 0 aromatic heterocycles. The number of benzene rings is 1. The van der Waals surface area contributed by atoms with Gasteiger partial charge in [0.25, 0.3) is 0 Å². The van der Waals surface area contributed by atoms with Crippen LogP contribution in [0.1, 0.15) is 31.7 Å². The third-order valence-electron chi connectivity index (χ3n) is 2.36. The number of rotatable bonds is 6. The molecule has 1 aromatic rings. The number of carbonyl (C=O) groups is 1. The number of halogens is 1. The molecular weight excluding hydrogens is 280 g/mol. The highest BCUT2D eigenvalue weighted by Gasteiger charge is 2.00. The van der Waals surface area contributed by atoms with E-state index >= 15 is 0 Å². The number of phenols is 1. The van der Waals surface area contributed by atoms with Crippen LogP contribution in [0.3, 0.4) is 0 Å². The second-order valence-corrected chi connectivity index (χ2v) is 4.38. The van der Waals surface area contributed by atoms with Gasteiger partial charge >= 0.3 is 5.97 Å². The van der Waals surface area contributed by atoms with Crippen LogP contribution in [0, 0.1) is 0 Å².